The van der Waals surface area contributed by atoms with E-state index in [4.69, 9.17) is 10.00 Å². The highest BCUT2D eigenvalue weighted by Gasteiger charge is 2.45. The van der Waals surface area contributed by atoms with E-state index < -0.39 is 16.9 Å². The van der Waals surface area contributed by atoms with Gasteiger partial charge >= 0.3 is 0 Å². The van der Waals surface area contributed by atoms with Gasteiger partial charge in [0.25, 0.3) is 0 Å². The summed E-state index contributed by atoms with van der Waals surface area (Å²) in [5.74, 6) is 0. The molecule has 1 aliphatic heterocycles. The van der Waals surface area contributed by atoms with E-state index in [9.17, 15) is 4.55 Å². The summed E-state index contributed by atoms with van der Waals surface area (Å²) >= 11 is -1.21. The molecule has 0 saturated carbocycles. The van der Waals surface area contributed by atoms with E-state index in [1.807, 2.05) is 20.8 Å². The summed E-state index contributed by atoms with van der Waals surface area (Å²) in [5.41, 5.74) is -0.724. The standard InChI is InChI=1S/C8H14N2O2S/c1-7(2,3)13(11)10-8(4-9)5-12-6-8/h10H,5-6H2,1-3H3. The van der Waals surface area contributed by atoms with Gasteiger partial charge in [0, 0.05) is 11.4 Å². The van der Waals surface area contributed by atoms with Crippen molar-refractivity contribution in [2.45, 2.75) is 31.1 Å². The van der Waals surface area contributed by atoms with Gasteiger partial charge in [-0.05, 0) is 20.8 Å². The zero-order valence-electron chi connectivity index (χ0n) is 8.09. The molecule has 74 valence electrons. The molecule has 13 heavy (non-hydrogen) atoms. The van der Waals surface area contributed by atoms with Gasteiger partial charge < -0.3 is 9.29 Å². The van der Waals surface area contributed by atoms with E-state index in [0.29, 0.717) is 13.2 Å². The molecule has 0 bridgehead atoms. The Balaban J connectivity index is 2.53. The van der Waals surface area contributed by atoms with Gasteiger partial charge in [-0.1, -0.05) is 0 Å². The van der Waals surface area contributed by atoms with Gasteiger partial charge in [0.2, 0.25) is 0 Å². The molecule has 0 amide bonds. The Morgan fingerprint density at radius 1 is 1.54 bits per heavy atom. The van der Waals surface area contributed by atoms with Crippen LogP contribution < -0.4 is 4.72 Å². The third-order valence-electron chi connectivity index (χ3n) is 1.76. The number of nitrogens with one attached hydrogen (secondary N) is 1. The van der Waals surface area contributed by atoms with Crippen LogP contribution in [0.2, 0.25) is 0 Å². The molecule has 1 saturated heterocycles. The van der Waals surface area contributed by atoms with Crippen molar-refractivity contribution in [3.05, 3.63) is 0 Å². The van der Waals surface area contributed by atoms with Crippen LogP contribution in [-0.2, 0) is 16.1 Å². The molecule has 0 aliphatic carbocycles. The predicted molar refractivity (Wildman–Crippen MR) is 50.2 cm³/mol. The number of nitrogens with zero attached hydrogens (tertiary/aromatic N) is 1. The molecule has 0 aromatic heterocycles. The minimum Gasteiger partial charge on any atom is -0.598 e. The highest BCUT2D eigenvalue weighted by Crippen LogP contribution is 2.21. The summed E-state index contributed by atoms with van der Waals surface area (Å²) in [5, 5.41) is 8.82. The summed E-state index contributed by atoms with van der Waals surface area (Å²) < 4.78 is 19.0. The van der Waals surface area contributed by atoms with Gasteiger partial charge in [0.05, 0.1) is 19.3 Å². The lowest BCUT2D eigenvalue weighted by Crippen LogP contribution is -2.63. The quantitative estimate of drug-likeness (QED) is 0.655. The van der Waals surface area contributed by atoms with Crippen LogP contribution in [0.4, 0.5) is 0 Å². The lowest BCUT2D eigenvalue weighted by Gasteiger charge is -2.37. The van der Waals surface area contributed by atoms with Crippen LogP contribution >= 0.6 is 0 Å². The van der Waals surface area contributed by atoms with Gasteiger partial charge in [-0.15, -0.1) is 4.72 Å². The molecule has 1 heterocycles. The SMILES string of the molecule is CC(C)(C)[S+]([O-])NC1(C#N)COC1. The van der Waals surface area contributed by atoms with Gasteiger partial charge in [0.15, 0.2) is 5.54 Å². The third-order valence-corrected chi connectivity index (χ3v) is 3.44. The maximum Gasteiger partial charge on any atom is 0.195 e. The van der Waals surface area contributed by atoms with Gasteiger partial charge in [-0.3, -0.25) is 0 Å². The van der Waals surface area contributed by atoms with Crippen LogP contribution in [0.5, 0.6) is 0 Å². The van der Waals surface area contributed by atoms with E-state index in [0.717, 1.165) is 0 Å². The van der Waals surface area contributed by atoms with Crippen molar-refractivity contribution in [1.82, 2.24) is 4.72 Å². The first-order chi connectivity index (χ1) is 5.90. The number of hydrogen-bond donors (Lipinski definition) is 1. The largest absolute Gasteiger partial charge is 0.598 e. The molecular formula is C8H14N2O2S. The molecule has 0 aromatic rings. The van der Waals surface area contributed by atoms with E-state index in [-0.39, 0.29) is 4.75 Å². The monoisotopic (exact) mass is 202 g/mol. The minimum absolute atomic E-state index is 0.325. The fourth-order valence-corrected chi connectivity index (χ4v) is 1.61. The van der Waals surface area contributed by atoms with Crippen molar-refractivity contribution < 1.29 is 9.29 Å². The molecule has 0 aromatic carbocycles. The van der Waals surface area contributed by atoms with Crippen LogP contribution in [-0.4, -0.2) is 28.1 Å². The lowest BCUT2D eigenvalue weighted by atomic mass is 10.0. The summed E-state index contributed by atoms with van der Waals surface area (Å²) in [6.07, 6.45) is 0. The Morgan fingerprint density at radius 3 is 2.31 bits per heavy atom. The van der Waals surface area contributed by atoms with Crippen molar-refractivity contribution in [2.75, 3.05) is 13.2 Å². The van der Waals surface area contributed by atoms with Crippen LogP contribution in [0.25, 0.3) is 0 Å². The Kier molecular flexibility index (Phi) is 2.88. The first-order valence-corrected chi connectivity index (χ1v) is 5.23. The zero-order chi connectivity index (χ0) is 10.1. The Labute approximate surface area is 81.6 Å². The van der Waals surface area contributed by atoms with E-state index in [2.05, 4.69) is 10.8 Å². The molecule has 0 radical (unpaired) electrons. The Hall–Kier alpha value is -0.280. The van der Waals surface area contributed by atoms with Crippen molar-refractivity contribution in [3.8, 4) is 6.07 Å². The zero-order valence-corrected chi connectivity index (χ0v) is 8.90. The molecule has 1 rings (SSSR count). The van der Waals surface area contributed by atoms with Crippen LogP contribution in [0, 0.1) is 11.3 Å². The molecule has 0 spiro atoms. The maximum atomic E-state index is 11.6. The fourth-order valence-electron chi connectivity index (χ4n) is 0.783. The molecule has 1 fully saturated rings. The average Bonchev–Trinajstić information content (AvgIpc) is 1.94. The summed E-state index contributed by atoms with van der Waals surface area (Å²) in [7, 11) is 0. The van der Waals surface area contributed by atoms with Crippen LogP contribution in [0.3, 0.4) is 0 Å². The fraction of sp³-hybridized carbons (Fsp3) is 0.875. The number of hydrogen-bond acceptors (Lipinski definition) is 4. The lowest BCUT2D eigenvalue weighted by molar-refractivity contribution is -0.0326. The van der Waals surface area contributed by atoms with Crippen molar-refractivity contribution in [3.63, 3.8) is 0 Å². The Morgan fingerprint density at radius 2 is 2.08 bits per heavy atom. The number of ether oxygens (including phenoxy) is 1. The van der Waals surface area contributed by atoms with E-state index >= 15 is 0 Å². The summed E-state index contributed by atoms with van der Waals surface area (Å²) in [6, 6.07) is 2.09. The highest BCUT2D eigenvalue weighted by molar-refractivity contribution is 7.90. The second kappa shape index (κ2) is 3.46. The van der Waals surface area contributed by atoms with Gasteiger partial charge in [0.1, 0.15) is 4.75 Å². The molecule has 1 unspecified atom stereocenters. The molecule has 4 nitrogen and oxygen atoms in total. The second-order valence-corrected chi connectivity index (χ2v) is 6.14. The average molecular weight is 202 g/mol. The van der Waals surface area contributed by atoms with Crippen molar-refractivity contribution in [2.24, 2.45) is 0 Å². The van der Waals surface area contributed by atoms with Gasteiger partial charge in [-0.2, -0.15) is 5.26 Å². The second-order valence-electron chi connectivity index (χ2n) is 4.17. The Bertz CT molecular complexity index is 227. The van der Waals surface area contributed by atoms with E-state index in [1.54, 1.807) is 0 Å². The van der Waals surface area contributed by atoms with Crippen molar-refractivity contribution >= 4 is 11.4 Å². The first-order valence-electron chi connectivity index (χ1n) is 4.08. The predicted octanol–water partition coefficient (Wildman–Crippen LogP) is 0.331. The molecule has 5 heteroatoms. The number of nitriles is 1. The summed E-state index contributed by atoms with van der Waals surface area (Å²) in [4.78, 5) is 0. The highest BCUT2D eigenvalue weighted by atomic mass is 32.2. The molecule has 1 aliphatic rings. The topological polar surface area (TPSA) is 68.1 Å². The number of rotatable bonds is 2. The van der Waals surface area contributed by atoms with Crippen molar-refractivity contribution in [1.29, 1.82) is 5.26 Å². The van der Waals surface area contributed by atoms with Crippen LogP contribution in [0.1, 0.15) is 20.8 Å². The van der Waals surface area contributed by atoms with Crippen LogP contribution in [0.15, 0.2) is 0 Å². The molecular weight excluding hydrogens is 188 g/mol. The minimum atomic E-state index is -1.21. The first kappa shape index (κ1) is 10.8. The third kappa shape index (κ3) is 2.35. The van der Waals surface area contributed by atoms with Gasteiger partial charge in [-0.25, -0.2) is 0 Å². The molecule has 1 N–H and O–H groups in total. The normalized spacial score (nSPS) is 23.0. The smallest absolute Gasteiger partial charge is 0.195 e. The maximum absolute atomic E-state index is 11.6. The summed E-state index contributed by atoms with van der Waals surface area (Å²) in [6.45, 7) is 6.23. The molecule has 1 atom stereocenters. The van der Waals surface area contributed by atoms with E-state index in [1.165, 1.54) is 0 Å².